The standard InChI is InChI=1S/C11H6FN5O2S/c12-6-3-1-2-5(4-6)11-13-10(19)8(20-11)7(18)9-14-16-17-15-9/h1-4,19H,(H,14,15,16,17). The minimum Gasteiger partial charge on any atom is -0.492 e. The van der Waals surface area contributed by atoms with Gasteiger partial charge in [-0.3, -0.25) is 4.79 Å². The Morgan fingerprint density at radius 2 is 2.25 bits per heavy atom. The molecular formula is C11H6FN5O2S. The van der Waals surface area contributed by atoms with Gasteiger partial charge in [0.2, 0.25) is 17.5 Å². The Bertz CT molecular complexity index is 771. The molecule has 0 fully saturated rings. The lowest BCUT2D eigenvalue weighted by Gasteiger charge is -1.94. The van der Waals surface area contributed by atoms with Crippen LogP contribution in [0.4, 0.5) is 4.39 Å². The quantitative estimate of drug-likeness (QED) is 0.707. The van der Waals surface area contributed by atoms with Crippen molar-refractivity contribution in [1.82, 2.24) is 25.6 Å². The van der Waals surface area contributed by atoms with E-state index in [1.54, 1.807) is 6.07 Å². The molecule has 9 heteroatoms. The predicted molar refractivity (Wildman–Crippen MR) is 66.8 cm³/mol. The van der Waals surface area contributed by atoms with Gasteiger partial charge in [-0.1, -0.05) is 12.1 Å². The highest BCUT2D eigenvalue weighted by Gasteiger charge is 2.23. The van der Waals surface area contributed by atoms with E-state index in [-0.39, 0.29) is 10.7 Å². The number of H-pyrrole nitrogens is 1. The van der Waals surface area contributed by atoms with Crippen LogP contribution in [0.1, 0.15) is 15.5 Å². The molecule has 3 aromatic rings. The zero-order chi connectivity index (χ0) is 14.1. The molecule has 2 aromatic heterocycles. The van der Waals surface area contributed by atoms with Crippen LogP contribution in [0.2, 0.25) is 0 Å². The molecule has 0 spiro atoms. The van der Waals surface area contributed by atoms with Gasteiger partial charge in [-0.25, -0.2) is 9.37 Å². The summed E-state index contributed by atoms with van der Waals surface area (Å²) in [6, 6.07) is 5.71. The molecule has 0 bridgehead atoms. The number of hydrogen-bond acceptors (Lipinski definition) is 7. The number of halogens is 1. The number of thiazole rings is 1. The Kier molecular flexibility index (Phi) is 2.95. The normalized spacial score (nSPS) is 10.7. The molecule has 0 aliphatic rings. The largest absolute Gasteiger partial charge is 0.492 e. The van der Waals surface area contributed by atoms with E-state index in [1.165, 1.54) is 18.2 Å². The molecule has 100 valence electrons. The fourth-order valence-electron chi connectivity index (χ4n) is 1.56. The van der Waals surface area contributed by atoms with E-state index >= 15 is 0 Å². The van der Waals surface area contributed by atoms with Crippen molar-refractivity contribution in [2.75, 3.05) is 0 Å². The number of aromatic nitrogens is 5. The van der Waals surface area contributed by atoms with Crippen LogP contribution in [0.3, 0.4) is 0 Å². The first-order valence-electron chi connectivity index (χ1n) is 5.39. The molecule has 1 aromatic carbocycles. The van der Waals surface area contributed by atoms with Gasteiger partial charge in [-0.05, 0) is 17.3 Å². The summed E-state index contributed by atoms with van der Waals surface area (Å²) < 4.78 is 13.2. The maximum Gasteiger partial charge on any atom is 0.249 e. The first-order chi connectivity index (χ1) is 9.65. The van der Waals surface area contributed by atoms with Gasteiger partial charge in [0.05, 0.1) is 0 Å². The lowest BCUT2D eigenvalue weighted by molar-refractivity contribution is 0.103. The van der Waals surface area contributed by atoms with Crippen molar-refractivity contribution < 1.29 is 14.3 Å². The summed E-state index contributed by atoms with van der Waals surface area (Å²) in [6.07, 6.45) is 0. The predicted octanol–water partition coefficient (Wildman–Crippen LogP) is 1.40. The van der Waals surface area contributed by atoms with Crippen LogP contribution in [0.25, 0.3) is 10.6 Å². The molecule has 0 atom stereocenters. The van der Waals surface area contributed by atoms with Gasteiger partial charge in [0.15, 0.2) is 0 Å². The van der Waals surface area contributed by atoms with E-state index in [1.807, 2.05) is 0 Å². The van der Waals surface area contributed by atoms with Gasteiger partial charge in [0, 0.05) is 5.56 Å². The van der Waals surface area contributed by atoms with Gasteiger partial charge >= 0.3 is 0 Å². The van der Waals surface area contributed by atoms with E-state index in [4.69, 9.17) is 0 Å². The molecule has 0 saturated carbocycles. The second-order valence-corrected chi connectivity index (χ2v) is 4.75. The maximum atomic E-state index is 13.2. The summed E-state index contributed by atoms with van der Waals surface area (Å²) in [6.45, 7) is 0. The van der Waals surface area contributed by atoms with Crippen molar-refractivity contribution in [3.8, 4) is 16.5 Å². The van der Waals surface area contributed by atoms with Gasteiger partial charge in [-0.2, -0.15) is 5.21 Å². The lowest BCUT2D eigenvalue weighted by Crippen LogP contribution is -2.01. The minimum absolute atomic E-state index is 0.0225. The number of carbonyl (C=O) groups is 1. The summed E-state index contributed by atoms with van der Waals surface area (Å²) in [7, 11) is 0. The first kappa shape index (κ1) is 12.4. The summed E-state index contributed by atoms with van der Waals surface area (Å²) in [4.78, 5) is 15.8. The SMILES string of the molecule is O=C(c1nn[nH]n1)c1sc(-c2cccc(F)c2)nc1O. The molecule has 0 amide bonds. The molecule has 7 nitrogen and oxygen atoms in total. The number of ketones is 1. The molecule has 0 unspecified atom stereocenters. The molecule has 2 heterocycles. The van der Waals surface area contributed by atoms with E-state index in [2.05, 4.69) is 25.6 Å². The topological polar surface area (TPSA) is 105 Å². The van der Waals surface area contributed by atoms with Crippen LogP contribution in [0.15, 0.2) is 24.3 Å². The monoisotopic (exact) mass is 291 g/mol. The van der Waals surface area contributed by atoms with Crippen molar-refractivity contribution in [2.45, 2.75) is 0 Å². The van der Waals surface area contributed by atoms with Crippen molar-refractivity contribution in [2.24, 2.45) is 0 Å². The third-order valence-corrected chi connectivity index (χ3v) is 3.53. The van der Waals surface area contributed by atoms with Crippen LogP contribution >= 0.6 is 11.3 Å². The van der Waals surface area contributed by atoms with Crippen molar-refractivity contribution in [1.29, 1.82) is 0 Å². The summed E-state index contributed by atoms with van der Waals surface area (Å²) in [5.74, 6) is -1.64. The number of aromatic amines is 1. The zero-order valence-electron chi connectivity index (χ0n) is 9.74. The van der Waals surface area contributed by atoms with Gasteiger partial charge in [0.1, 0.15) is 15.7 Å². The lowest BCUT2D eigenvalue weighted by atomic mass is 10.2. The molecule has 0 aliphatic carbocycles. The molecule has 0 saturated heterocycles. The number of nitrogens with one attached hydrogen (secondary N) is 1. The first-order valence-corrected chi connectivity index (χ1v) is 6.20. The highest BCUT2D eigenvalue weighted by molar-refractivity contribution is 7.17. The number of tetrazole rings is 1. The number of benzene rings is 1. The van der Waals surface area contributed by atoms with Crippen LogP contribution in [-0.4, -0.2) is 36.5 Å². The number of nitrogens with zero attached hydrogens (tertiary/aromatic N) is 4. The van der Waals surface area contributed by atoms with E-state index in [9.17, 15) is 14.3 Å². The van der Waals surface area contributed by atoms with Gasteiger partial charge in [0.25, 0.3) is 0 Å². The summed E-state index contributed by atoms with van der Waals surface area (Å²) >= 11 is 0.929. The Labute approximate surface area is 115 Å². The maximum absolute atomic E-state index is 13.2. The number of hydrogen-bond donors (Lipinski definition) is 2. The summed E-state index contributed by atoms with van der Waals surface area (Å²) in [5.41, 5.74) is 0.470. The average molecular weight is 291 g/mol. The van der Waals surface area contributed by atoms with Crippen LogP contribution in [0.5, 0.6) is 5.88 Å². The van der Waals surface area contributed by atoms with E-state index < -0.39 is 17.5 Å². The minimum atomic E-state index is -0.601. The Morgan fingerprint density at radius 1 is 1.40 bits per heavy atom. The Hall–Kier alpha value is -2.68. The highest BCUT2D eigenvalue weighted by Crippen LogP contribution is 2.32. The third kappa shape index (κ3) is 2.14. The molecular weight excluding hydrogens is 285 g/mol. The fourth-order valence-corrected chi connectivity index (χ4v) is 2.46. The second kappa shape index (κ2) is 4.78. The fraction of sp³-hybridized carbons (Fsp3) is 0. The van der Waals surface area contributed by atoms with Crippen LogP contribution in [0, 0.1) is 5.82 Å². The number of carbonyl (C=O) groups excluding carboxylic acids is 1. The third-order valence-electron chi connectivity index (χ3n) is 2.44. The van der Waals surface area contributed by atoms with Gasteiger partial charge in [-0.15, -0.1) is 21.5 Å². The van der Waals surface area contributed by atoms with Crippen molar-refractivity contribution in [3.05, 3.63) is 40.8 Å². The summed E-state index contributed by atoms with van der Waals surface area (Å²) in [5, 5.41) is 22.6. The Balaban J connectivity index is 2.01. The Morgan fingerprint density at radius 3 is 2.95 bits per heavy atom. The van der Waals surface area contributed by atoms with Crippen LogP contribution < -0.4 is 0 Å². The smallest absolute Gasteiger partial charge is 0.249 e. The van der Waals surface area contributed by atoms with E-state index in [0.717, 1.165) is 11.3 Å². The average Bonchev–Trinajstić information content (AvgIpc) is 3.07. The molecule has 20 heavy (non-hydrogen) atoms. The van der Waals surface area contributed by atoms with Crippen LogP contribution in [-0.2, 0) is 0 Å². The molecule has 0 aliphatic heterocycles. The highest BCUT2D eigenvalue weighted by atomic mass is 32.1. The van der Waals surface area contributed by atoms with Gasteiger partial charge < -0.3 is 5.11 Å². The van der Waals surface area contributed by atoms with Crippen molar-refractivity contribution in [3.63, 3.8) is 0 Å². The van der Waals surface area contributed by atoms with E-state index in [0.29, 0.717) is 10.6 Å². The zero-order valence-corrected chi connectivity index (χ0v) is 10.6. The number of rotatable bonds is 3. The molecule has 3 rings (SSSR count). The molecule has 0 radical (unpaired) electrons. The number of aromatic hydroxyl groups is 1. The second-order valence-electron chi connectivity index (χ2n) is 3.75. The molecule has 2 N–H and O–H groups in total. The van der Waals surface area contributed by atoms with Crippen molar-refractivity contribution >= 4 is 17.1 Å².